The highest BCUT2D eigenvalue weighted by Crippen LogP contribution is 2.46. The lowest BCUT2D eigenvalue weighted by Gasteiger charge is -2.57. The third kappa shape index (κ3) is 3.75. The van der Waals surface area contributed by atoms with Crippen molar-refractivity contribution >= 4 is 6.09 Å². The molecule has 1 N–H and O–H groups in total. The molecular formula is C20H30N2O2. The maximum atomic E-state index is 12.1. The largest absolute Gasteiger partial charge is 0.444 e. The van der Waals surface area contributed by atoms with E-state index in [9.17, 15) is 4.79 Å². The molecule has 0 radical (unpaired) electrons. The van der Waals surface area contributed by atoms with Crippen molar-refractivity contribution in [3.05, 3.63) is 35.9 Å². The fourth-order valence-corrected chi connectivity index (χ4v) is 4.22. The van der Waals surface area contributed by atoms with Gasteiger partial charge in [-0.3, -0.25) is 4.90 Å². The van der Waals surface area contributed by atoms with Gasteiger partial charge in [0.25, 0.3) is 0 Å². The van der Waals surface area contributed by atoms with Crippen LogP contribution in [-0.4, -0.2) is 34.7 Å². The second-order valence-electron chi connectivity index (χ2n) is 8.14. The fraction of sp³-hybridized carbons (Fsp3) is 0.650. The summed E-state index contributed by atoms with van der Waals surface area (Å²) in [6.45, 7) is 7.96. The highest BCUT2D eigenvalue weighted by atomic mass is 16.6. The maximum Gasteiger partial charge on any atom is 0.407 e. The normalized spacial score (nSPS) is 30.2. The second kappa shape index (κ2) is 6.75. The van der Waals surface area contributed by atoms with Gasteiger partial charge in [-0.2, -0.15) is 0 Å². The number of benzene rings is 1. The van der Waals surface area contributed by atoms with Crippen LogP contribution in [0.3, 0.4) is 0 Å². The molecule has 4 heteroatoms. The third-order valence-electron chi connectivity index (χ3n) is 5.19. The number of rotatable bonds is 3. The molecule has 0 aliphatic carbocycles. The van der Waals surface area contributed by atoms with E-state index in [-0.39, 0.29) is 12.1 Å². The Labute approximate surface area is 145 Å². The minimum absolute atomic E-state index is 0.225. The molecule has 4 nitrogen and oxygen atoms in total. The molecule has 2 aliphatic heterocycles. The van der Waals surface area contributed by atoms with E-state index >= 15 is 0 Å². The van der Waals surface area contributed by atoms with Crippen LogP contribution in [0.5, 0.6) is 0 Å². The summed E-state index contributed by atoms with van der Waals surface area (Å²) in [5.74, 6) is 0. The van der Waals surface area contributed by atoms with Gasteiger partial charge in [0, 0.05) is 24.2 Å². The lowest BCUT2D eigenvalue weighted by molar-refractivity contribution is -0.0693. The molecule has 132 valence electrons. The topological polar surface area (TPSA) is 41.6 Å². The Morgan fingerprint density at radius 2 is 1.92 bits per heavy atom. The lowest BCUT2D eigenvalue weighted by atomic mass is 9.76. The van der Waals surface area contributed by atoms with Crippen LogP contribution in [0.4, 0.5) is 4.79 Å². The Kier molecular flexibility index (Phi) is 4.86. The average Bonchev–Trinajstić information content (AvgIpc) is 2.48. The van der Waals surface area contributed by atoms with Crippen molar-refractivity contribution in [2.24, 2.45) is 0 Å². The van der Waals surface area contributed by atoms with Crippen LogP contribution >= 0.6 is 0 Å². The van der Waals surface area contributed by atoms with Crippen molar-refractivity contribution in [2.75, 3.05) is 0 Å². The van der Waals surface area contributed by atoms with Crippen LogP contribution in [0.2, 0.25) is 0 Å². The Hall–Kier alpha value is -1.55. The van der Waals surface area contributed by atoms with Crippen LogP contribution in [0.1, 0.15) is 65.0 Å². The number of fused-ring (bicyclic) bond motifs is 1. The van der Waals surface area contributed by atoms with Crippen molar-refractivity contribution in [3.63, 3.8) is 0 Å². The van der Waals surface area contributed by atoms with E-state index in [4.69, 9.17) is 4.74 Å². The molecule has 4 atom stereocenters. The molecule has 0 spiro atoms. The van der Waals surface area contributed by atoms with Gasteiger partial charge in [-0.05, 0) is 52.0 Å². The van der Waals surface area contributed by atoms with Crippen LogP contribution in [0.15, 0.2) is 30.3 Å². The molecular weight excluding hydrogens is 300 g/mol. The molecule has 2 fully saturated rings. The first-order valence-electron chi connectivity index (χ1n) is 9.19. The minimum Gasteiger partial charge on any atom is -0.444 e. The summed E-state index contributed by atoms with van der Waals surface area (Å²) in [4.78, 5) is 14.7. The van der Waals surface area contributed by atoms with Gasteiger partial charge < -0.3 is 10.1 Å². The first kappa shape index (κ1) is 17.3. The summed E-state index contributed by atoms with van der Waals surface area (Å²) < 4.78 is 5.42. The average molecular weight is 330 g/mol. The van der Waals surface area contributed by atoms with Crippen molar-refractivity contribution in [3.8, 4) is 0 Å². The summed E-state index contributed by atoms with van der Waals surface area (Å²) in [5, 5.41) is 3.09. The van der Waals surface area contributed by atoms with Gasteiger partial charge in [-0.1, -0.05) is 37.3 Å². The second-order valence-corrected chi connectivity index (χ2v) is 8.14. The smallest absolute Gasteiger partial charge is 0.407 e. The van der Waals surface area contributed by atoms with E-state index in [0.717, 1.165) is 19.3 Å². The molecule has 2 heterocycles. The standard InChI is InChI=1S/C20H30N2O2/c1-5-16-11-15(21-19(23)24-20(2,3)4)12-17-13-18(22(16)17)14-9-7-6-8-10-14/h6-10,15-18H,5,11-13H2,1-4H3,(H,21,23)/t15-,16-,17-,18?/m0/s1. The molecule has 0 aromatic heterocycles. The molecule has 0 bridgehead atoms. The number of hydrogen-bond donors (Lipinski definition) is 1. The van der Waals surface area contributed by atoms with Crippen LogP contribution in [0.25, 0.3) is 0 Å². The molecule has 1 aromatic carbocycles. The molecule has 24 heavy (non-hydrogen) atoms. The zero-order valence-electron chi connectivity index (χ0n) is 15.3. The van der Waals surface area contributed by atoms with Crippen molar-refractivity contribution < 1.29 is 9.53 Å². The predicted molar refractivity (Wildman–Crippen MR) is 95.9 cm³/mol. The highest BCUT2D eigenvalue weighted by Gasteiger charge is 2.47. The van der Waals surface area contributed by atoms with Gasteiger partial charge in [-0.25, -0.2) is 4.79 Å². The molecule has 2 saturated heterocycles. The van der Waals surface area contributed by atoms with Gasteiger partial charge in [0.15, 0.2) is 0 Å². The molecule has 2 aliphatic rings. The fourth-order valence-electron chi connectivity index (χ4n) is 4.22. The van der Waals surface area contributed by atoms with Crippen LogP contribution < -0.4 is 5.32 Å². The number of amides is 1. The van der Waals surface area contributed by atoms with E-state index < -0.39 is 5.60 Å². The molecule has 0 saturated carbocycles. The lowest BCUT2D eigenvalue weighted by Crippen LogP contribution is -2.62. The number of piperidine rings is 1. The quantitative estimate of drug-likeness (QED) is 0.900. The summed E-state index contributed by atoms with van der Waals surface area (Å²) >= 11 is 0. The number of ether oxygens (including phenoxy) is 1. The highest BCUT2D eigenvalue weighted by molar-refractivity contribution is 5.68. The zero-order valence-corrected chi connectivity index (χ0v) is 15.3. The third-order valence-corrected chi connectivity index (χ3v) is 5.19. The van der Waals surface area contributed by atoms with Gasteiger partial charge in [0.1, 0.15) is 5.60 Å². The minimum atomic E-state index is -0.441. The van der Waals surface area contributed by atoms with E-state index in [2.05, 4.69) is 47.5 Å². The van der Waals surface area contributed by atoms with E-state index in [0.29, 0.717) is 18.1 Å². The van der Waals surface area contributed by atoms with Gasteiger partial charge in [0.05, 0.1) is 0 Å². The number of hydrogen-bond acceptors (Lipinski definition) is 3. The van der Waals surface area contributed by atoms with Crippen LogP contribution in [0, 0.1) is 0 Å². The van der Waals surface area contributed by atoms with Crippen LogP contribution in [-0.2, 0) is 4.74 Å². The summed E-state index contributed by atoms with van der Waals surface area (Å²) in [6, 6.07) is 12.7. The predicted octanol–water partition coefficient (Wildman–Crippen LogP) is 4.27. The molecule has 1 amide bonds. The Balaban J connectivity index is 1.61. The number of carbonyl (C=O) groups is 1. The maximum absolute atomic E-state index is 12.1. The summed E-state index contributed by atoms with van der Waals surface area (Å²) in [5.41, 5.74) is 0.981. The van der Waals surface area contributed by atoms with Gasteiger partial charge in [-0.15, -0.1) is 0 Å². The number of alkyl carbamates (subject to hydrolysis) is 1. The number of carbonyl (C=O) groups excluding carboxylic acids is 1. The van der Waals surface area contributed by atoms with Gasteiger partial charge >= 0.3 is 6.09 Å². The molecule has 3 rings (SSSR count). The Bertz CT molecular complexity index is 567. The van der Waals surface area contributed by atoms with Gasteiger partial charge in [0.2, 0.25) is 0 Å². The Morgan fingerprint density at radius 3 is 2.54 bits per heavy atom. The monoisotopic (exact) mass is 330 g/mol. The summed E-state index contributed by atoms with van der Waals surface area (Å²) in [6.07, 6.45) is 4.06. The Morgan fingerprint density at radius 1 is 1.21 bits per heavy atom. The number of nitrogens with one attached hydrogen (secondary N) is 1. The van der Waals surface area contributed by atoms with E-state index in [1.807, 2.05) is 20.8 Å². The van der Waals surface area contributed by atoms with Crippen molar-refractivity contribution in [1.82, 2.24) is 10.2 Å². The van der Waals surface area contributed by atoms with E-state index in [1.54, 1.807) is 0 Å². The first-order valence-corrected chi connectivity index (χ1v) is 9.19. The van der Waals surface area contributed by atoms with Crippen molar-refractivity contribution in [1.29, 1.82) is 0 Å². The van der Waals surface area contributed by atoms with Crippen molar-refractivity contribution in [2.45, 2.75) is 83.1 Å². The molecule has 1 unspecified atom stereocenters. The number of nitrogens with zero attached hydrogens (tertiary/aromatic N) is 1. The zero-order chi connectivity index (χ0) is 17.3. The SMILES string of the molecule is CC[C@H]1C[C@H](NC(=O)OC(C)(C)C)C[C@H]2CC(c3ccccc3)N21. The molecule has 1 aromatic rings. The summed E-state index contributed by atoms with van der Waals surface area (Å²) in [7, 11) is 0. The van der Waals surface area contributed by atoms with E-state index in [1.165, 1.54) is 12.0 Å². The first-order chi connectivity index (χ1) is 11.4.